The van der Waals surface area contributed by atoms with Crippen molar-refractivity contribution >= 4 is 21.6 Å². The first-order valence-electron chi connectivity index (χ1n) is 7.14. The van der Waals surface area contributed by atoms with Crippen molar-refractivity contribution in [1.29, 1.82) is 0 Å². The van der Waals surface area contributed by atoms with Crippen LogP contribution in [0.4, 0.5) is 0 Å². The lowest BCUT2D eigenvalue weighted by Crippen LogP contribution is -2.47. The minimum atomic E-state index is -3.64. The van der Waals surface area contributed by atoms with E-state index in [1.807, 2.05) is 0 Å². The molecule has 1 aliphatic rings. The van der Waals surface area contributed by atoms with Crippen molar-refractivity contribution in [3.8, 4) is 0 Å². The van der Waals surface area contributed by atoms with E-state index in [9.17, 15) is 8.42 Å². The molecular formula is C13H23ClN4O2S. The second-order valence-electron chi connectivity index (χ2n) is 5.83. The summed E-state index contributed by atoms with van der Waals surface area (Å²) in [5, 5.41) is 0.0990. The molecular weight excluding hydrogens is 312 g/mol. The van der Waals surface area contributed by atoms with Gasteiger partial charge < -0.3 is 9.47 Å². The Balaban J connectivity index is 2.13. The van der Waals surface area contributed by atoms with Crippen LogP contribution in [0, 0.1) is 0 Å². The third-order valence-corrected chi connectivity index (χ3v) is 6.60. The first kappa shape index (κ1) is 16.7. The quantitative estimate of drug-likeness (QED) is 0.838. The topological polar surface area (TPSA) is 58.4 Å². The summed E-state index contributed by atoms with van der Waals surface area (Å²) in [6.07, 6.45) is 3.08. The number of likely N-dealkylation sites (tertiary alicyclic amines) is 1. The summed E-state index contributed by atoms with van der Waals surface area (Å²) >= 11 is 6.03. The standard InChI is InChI=1S/C13H23ClN4O2S/c1-10(2)18-7-5-11(6-8-18)17(4)21(19,20)13-12(14)16(3)9-15-13/h9-11H,5-8H2,1-4H3. The first-order valence-corrected chi connectivity index (χ1v) is 8.96. The second-order valence-corrected chi connectivity index (χ2v) is 8.10. The van der Waals surface area contributed by atoms with Gasteiger partial charge in [0.2, 0.25) is 5.03 Å². The molecule has 8 heteroatoms. The fraction of sp³-hybridized carbons (Fsp3) is 0.769. The van der Waals surface area contributed by atoms with Gasteiger partial charge in [-0.2, -0.15) is 4.31 Å². The zero-order chi connectivity index (χ0) is 15.8. The van der Waals surface area contributed by atoms with E-state index < -0.39 is 10.0 Å². The van der Waals surface area contributed by atoms with Gasteiger partial charge in [-0.1, -0.05) is 11.6 Å². The Morgan fingerprint density at radius 1 is 1.38 bits per heavy atom. The van der Waals surface area contributed by atoms with Crippen molar-refractivity contribution in [2.24, 2.45) is 7.05 Å². The van der Waals surface area contributed by atoms with Crippen LogP contribution in [-0.4, -0.2) is 59.4 Å². The third kappa shape index (κ3) is 3.26. The highest BCUT2D eigenvalue weighted by atomic mass is 35.5. The Labute approximate surface area is 131 Å². The number of aryl methyl sites for hydroxylation is 1. The molecule has 2 heterocycles. The molecule has 2 rings (SSSR count). The van der Waals surface area contributed by atoms with Crippen LogP contribution in [0.3, 0.4) is 0 Å². The predicted octanol–water partition coefficient (Wildman–Crippen LogP) is 1.57. The number of hydrogen-bond acceptors (Lipinski definition) is 4. The molecule has 1 aromatic heterocycles. The van der Waals surface area contributed by atoms with E-state index in [1.165, 1.54) is 15.2 Å². The van der Waals surface area contributed by atoms with E-state index in [-0.39, 0.29) is 16.2 Å². The molecule has 0 amide bonds. The van der Waals surface area contributed by atoms with Gasteiger partial charge in [-0.05, 0) is 39.8 Å². The average Bonchev–Trinajstić information content (AvgIpc) is 2.78. The van der Waals surface area contributed by atoms with Crippen LogP contribution in [0.15, 0.2) is 11.4 Å². The zero-order valence-electron chi connectivity index (χ0n) is 13.0. The second kappa shape index (κ2) is 6.24. The van der Waals surface area contributed by atoms with Gasteiger partial charge in [0.15, 0.2) is 0 Å². The fourth-order valence-electron chi connectivity index (χ4n) is 2.67. The molecule has 0 bridgehead atoms. The molecule has 0 aromatic carbocycles. The van der Waals surface area contributed by atoms with Gasteiger partial charge in [-0.25, -0.2) is 13.4 Å². The maximum atomic E-state index is 12.6. The minimum absolute atomic E-state index is 0.00285. The van der Waals surface area contributed by atoms with Crippen molar-refractivity contribution in [3.05, 3.63) is 11.5 Å². The van der Waals surface area contributed by atoms with Crippen molar-refractivity contribution in [2.75, 3.05) is 20.1 Å². The number of halogens is 1. The number of aromatic nitrogens is 2. The Bertz CT molecular complexity index is 591. The highest BCUT2D eigenvalue weighted by Gasteiger charge is 2.34. The highest BCUT2D eigenvalue weighted by Crippen LogP contribution is 2.26. The molecule has 0 atom stereocenters. The summed E-state index contributed by atoms with van der Waals surface area (Å²) in [6.45, 7) is 6.15. The average molecular weight is 335 g/mol. The Kier molecular flexibility index (Phi) is 4.97. The summed E-state index contributed by atoms with van der Waals surface area (Å²) in [4.78, 5) is 6.30. The Morgan fingerprint density at radius 3 is 2.38 bits per heavy atom. The summed E-state index contributed by atoms with van der Waals surface area (Å²) < 4.78 is 28.2. The number of nitrogens with zero attached hydrogens (tertiary/aromatic N) is 4. The van der Waals surface area contributed by atoms with Crippen LogP contribution >= 0.6 is 11.6 Å². The highest BCUT2D eigenvalue weighted by molar-refractivity contribution is 7.89. The lowest BCUT2D eigenvalue weighted by atomic mass is 10.0. The minimum Gasteiger partial charge on any atom is -0.324 e. The number of rotatable bonds is 4. The van der Waals surface area contributed by atoms with Gasteiger partial charge in [0, 0.05) is 26.2 Å². The van der Waals surface area contributed by atoms with E-state index in [1.54, 1.807) is 14.1 Å². The normalized spacial score (nSPS) is 18.8. The first-order chi connectivity index (χ1) is 9.75. The Hall–Kier alpha value is -0.630. The fourth-order valence-corrected chi connectivity index (χ4v) is 4.46. The largest absolute Gasteiger partial charge is 0.324 e. The van der Waals surface area contributed by atoms with Crippen LogP contribution in [0.2, 0.25) is 5.15 Å². The molecule has 1 aliphatic heterocycles. The number of piperidine rings is 1. The molecule has 0 unspecified atom stereocenters. The van der Waals surface area contributed by atoms with Gasteiger partial charge in [0.25, 0.3) is 10.0 Å². The molecule has 6 nitrogen and oxygen atoms in total. The number of imidazole rings is 1. The summed E-state index contributed by atoms with van der Waals surface area (Å²) in [6, 6.07) is 0.501. The van der Waals surface area contributed by atoms with E-state index in [0.29, 0.717) is 6.04 Å². The van der Waals surface area contributed by atoms with E-state index >= 15 is 0 Å². The molecule has 1 fully saturated rings. The van der Waals surface area contributed by atoms with Crippen LogP contribution in [0.5, 0.6) is 0 Å². The van der Waals surface area contributed by atoms with E-state index in [4.69, 9.17) is 11.6 Å². The maximum absolute atomic E-state index is 12.6. The van der Waals surface area contributed by atoms with Crippen LogP contribution in [-0.2, 0) is 17.1 Å². The molecule has 0 spiro atoms. The van der Waals surface area contributed by atoms with E-state index in [2.05, 4.69) is 23.7 Å². The van der Waals surface area contributed by atoms with Crippen molar-refractivity contribution < 1.29 is 8.42 Å². The lowest BCUT2D eigenvalue weighted by Gasteiger charge is -2.37. The SMILES string of the molecule is CC(C)N1CCC(N(C)S(=O)(=O)c2ncn(C)c2Cl)CC1. The summed E-state index contributed by atoms with van der Waals surface area (Å²) in [7, 11) is -0.338. The van der Waals surface area contributed by atoms with Gasteiger partial charge in [-0.3, -0.25) is 0 Å². The number of hydrogen-bond donors (Lipinski definition) is 0. The van der Waals surface area contributed by atoms with Gasteiger partial charge in [0.05, 0.1) is 6.33 Å². The summed E-state index contributed by atoms with van der Waals surface area (Å²) in [5.41, 5.74) is 0. The van der Waals surface area contributed by atoms with Crippen molar-refractivity contribution in [2.45, 2.75) is 43.8 Å². The van der Waals surface area contributed by atoms with E-state index in [0.717, 1.165) is 25.9 Å². The molecule has 0 aliphatic carbocycles. The molecule has 1 saturated heterocycles. The van der Waals surface area contributed by atoms with Gasteiger partial charge >= 0.3 is 0 Å². The Morgan fingerprint density at radius 2 is 1.95 bits per heavy atom. The predicted molar refractivity (Wildman–Crippen MR) is 82.9 cm³/mol. The van der Waals surface area contributed by atoms with Crippen LogP contribution in [0.1, 0.15) is 26.7 Å². The van der Waals surface area contributed by atoms with Crippen LogP contribution in [0.25, 0.3) is 0 Å². The molecule has 1 aromatic rings. The smallest absolute Gasteiger partial charge is 0.263 e. The molecule has 21 heavy (non-hydrogen) atoms. The molecule has 0 N–H and O–H groups in total. The van der Waals surface area contributed by atoms with Crippen molar-refractivity contribution in [1.82, 2.24) is 18.8 Å². The monoisotopic (exact) mass is 334 g/mol. The van der Waals surface area contributed by atoms with Crippen LogP contribution < -0.4 is 0 Å². The lowest BCUT2D eigenvalue weighted by molar-refractivity contribution is 0.140. The number of sulfonamides is 1. The molecule has 0 saturated carbocycles. The van der Waals surface area contributed by atoms with Gasteiger partial charge in [-0.15, -0.1) is 0 Å². The third-order valence-electron chi connectivity index (χ3n) is 4.20. The maximum Gasteiger partial charge on any atom is 0.263 e. The molecule has 0 radical (unpaired) electrons. The molecule has 120 valence electrons. The van der Waals surface area contributed by atoms with Crippen molar-refractivity contribution in [3.63, 3.8) is 0 Å². The zero-order valence-corrected chi connectivity index (χ0v) is 14.5. The van der Waals surface area contributed by atoms with Gasteiger partial charge in [0.1, 0.15) is 5.15 Å². The summed E-state index contributed by atoms with van der Waals surface area (Å²) in [5.74, 6) is 0.